The molecule has 0 saturated heterocycles. The summed E-state index contributed by atoms with van der Waals surface area (Å²) < 4.78 is 0. The lowest BCUT2D eigenvalue weighted by Crippen LogP contribution is -2.22. The molecule has 2 aromatic rings. The van der Waals surface area contributed by atoms with Gasteiger partial charge in [-0.25, -0.2) is 0 Å². The molecule has 104 valence electrons. The number of hydrogen-bond acceptors (Lipinski definition) is 2. The first-order valence-corrected chi connectivity index (χ1v) is 6.85. The van der Waals surface area contributed by atoms with Gasteiger partial charge in [-0.1, -0.05) is 36.4 Å². The summed E-state index contributed by atoms with van der Waals surface area (Å²) in [5.74, 6) is -0.0479. The predicted octanol–water partition coefficient (Wildman–Crippen LogP) is 3.67. The normalized spacial score (nSPS) is 10.1. The van der Waals surface area contributed by atoms with E-state index in [-0.39, 0.29) is 5.91 Å². The number of nitrogens with zero attached hydrogens (tertiary/aromatic N) is 1. The van der Waals surface area contributed by atoms with Crippen molar-refractivity contribution in [3.05, 3.63) is 60.2 Å². The van der Waals surface area contributed by atoms with Crippen LogP contribution in [0.2, 0.25) is 0 Å². The van der Waals surface area contributed by atoms with E-state index in [0.29, 0.717) is 0 Å². The van der Waals surface area contributed by atoms with E-state index in [9.17, 15) is 4.79 Å². The molecule has 1 amide bonds. The van der Waals surface area contributed by atoms with Gasteiger partial charge in [0.25, 0.3) is 0 Å². The average molecular weight is 268 g/mol. The number of rotatable bonds is 5. The van der Waals surface area contributed by atoms with Crippen molar-refractivity contribution in [2.45, 2.75) is 20.4 Å². The molecule has 0 aliphatic heterocycles. The highest BCUT2D eigenvalue weighted by Crippen LogP contribution is 2.21. The van der Waals surface area contributed by atoms with Gasteiger partial charge >= 0.3 is 0 Å². The van der Waals surface area contributed by atoms with Crippen LogP contribution in [0.15, 0.2) is 54.6 Å². The first kappa shape index (κ1) is 14.1. The Morgan fingerprint density at radius 3 is 2.50 bits per heavy atom. The van der Waals surface area contributed by atoms with Crippen molar-refractivity contribution in [3.8, 4) is 0 Å². The molecule has 3 heteroatoms. The van der Waals surface area contributed by atoms with Crippen molar-refractivity contribution >= 4 is 17.3 Å². The van der Waals surface area contributed by atoms with Crippen LogP contribution in [0.5, 0.6) is 0 Å². The number of nitrogens with one attached hydrogen (secondary N) is 1. The van der Waals surface area contributed by atoms with Crippen LogP contribution < -0.4 is 10.2 Å². The van der Waals surface area contributed by atoms with E-state index in [1.807, 2.05) is 24.3 Å². The van der Waals surface area contributed by atoms with Crippen LogP contribution in [0.25, 0.3) is 0 Å². The van der Waals surface area contributed by atoms with Crippen LogP contribution in [-0.2, 0) is 11.3 Å². The Hall–Kier alpha value is -2.29. The van der Waals surface area contributed by atoms with E-state index in [4.69, 9.17) is 0 Å². The van der Waals surface area contributed by atoms with Gasteiger partial charge in [0.2, 0.25) is 5.91 Å². The van der Waals surface area contributed by atoms with Crippen LogP contribution >= 0.6 is 0 Å². The van der Waals surface area contributed by atoms with Gasteiger partial charge in [0.1, 0.15) is 0 Å². The van der Waals surface area contributed by atoms with Crippen LogP contribution in [0.3, 0.4) is 0 Å². The summed E-state index contributed by atoms with van der Waals surface area (Å²) in [6.45, 7) is 5.43. The molecule has 0 fully saturated rings. The molecule has 0 spiro atoms. The molecule has 1 N–H and O–H groups in total. The second-order valence-corrected chi connectivity index (χ2v) is 4.73. The van der Waals surface area contributed by atoms with Gasteiger partial charge in [0.05, 0.1) is 0 Å². The van der Waals surface area contributed by atoms with Crippen molar-refractivity contribution < 1.29 is 4.79 Å². The molecule has 2 aromatic carbocycles. The lowest BCUT2D eigenvalue weighted by atomic mass is 10.2. The van der Waals surface area contributed by atoms with Gasteiger partial charge in [-0.05, 0) is 30.7 Å². The van der Waals surface area contributed by atoms with Crippen molar-refractivity contribution in [2.24, 2.45) is 0 Å². The van der Waals surface area contributed by atoms with Gasteiger partial charge in [-0.2, -0.15) is 0 Å². The fourth-order valence-electron chi connectivity index (χ4n) is 2.17. The monoisotopic (exact) mass is 268 g/mol. The van der Waals surface area contributed by atoms with Gasteiger partial charge < -0.3 is 10.2 Å². The summed E-state index contributed by atoms with van der Waals surface area (Å²) >= 11 is 0. The topological polar surface area (TPSA) is 32.3 Å². The minimum absolute atomic E-state index is 0.0479. The zero-order chi connectivity index (χ0) is 14.4. The Labute approximate surface area is 120 Å². The van der Waals surface area contributed by atoms with Crippen molar-refractivity contribution in [1.82, 2.24) is 0 Å². The zero-order valence-corrected chi connectivity index (χ0v) is 12.0. The van der Waals surface area contributed by atoms with Crippen LogP contribution in [-0.4, -0.2) is 12.5 Å². The third kappa shape index (κ3) is 3.85. The van der Waals surface area contributed by atoms with E-state index in [1.165, 1.54) is 12.5 Å². The predicted molar refractivity (Wildman–Crippen MR) is 83.9 cm³/mol. The molecule has 0 bridgehead atoms. The summed E-state index contributed by atoms with van der Waals surface area (Å²) in [4.78, 5) is 13.4. The molecule has 2 rings (SSSR count). The smallest absolute Gasteiger partial charge is 0.221 e. The van der Waals surface area contributed by atoms with Gasteiger partial charge in [0.15, 0.2) is 0 Å². The summed E-state index contributed by atoms with van der Waals surface area (Å²) in [6, 6.07) is 18.3. The largest absolute Gasteiger partial charge is 0.367 e. The van der Waals surface area contributed by atoms with E-state index >= 15 is 0 Å². The standard InChI is InChI=1S/C17H20N2O/c1-3-19(13-15-8-5-4-6-9-15)17-11-7-10-16(12-17)18-14(2)20/h4-12H,3,13H2,1-2H3,(H,18,20). The Morgan fingerprint density at radius 2 is 1.85 bits per heavy atom. The molecule has 0 saturated carbocycles. The Balaban J connectivity index is 2.17. The molecular weight excluding hydrogens is 248 g/mol. The summed E-state index contributed by atoms with van der Waals surface area (Å²) in [5, 5.41) is 2.82. The molecule has 0 heterocycles. The maximum atomic E-state index is 11.1. The highest BCUT2D eigenvalue weighted by molar-refractivity contribution is 5.89. The molecule has 20 heavy (non-hydrogen) atoms. The molecule has 0 aliphatic carbocycles. The third-order valence-electron chi connectivity index (χ3n) is 3.13. The second-order valence-electron chi connectivity index (χ2n) is 4.73. The highest BCUT2D eigenvalue weighted by atomic mass is 16.1. The third-order valence-corrected chi connectivity index (χ3v) is 3.13. The fourth-order valence-corrected chi connectivity index (χ4v) is 2.17. The Morgan fingerprint density at radius 1 is 1.10 bits per heavy atom. The number of anilines is 2. The lowest BCUT2D eigenvalue weighted by molar-refractivity contribution is -0.114. The average Bonchev–Trinajstić information content (AvgIpc) is 2.45. The first-order valence-electron chi connectivity index (χ1n) is 6.85. The zero-order valence-electron chi connectivity index (χ0n) is 12.0. The molecule has 0 atom stereocenters. The van der Waals surface area contributed by atoms with E-state index < -0.39 is 0 Å². The van der Waals surface area contributed by atoms with Gasteiger partial charge in [0, 0.05) is 31.4 Å². The second kappa shape index (κ2) is 6.75. The number of carbonyl (C=O) groups is 1. The number of amides is 1. The maximum Gasteiger partial charge on any atom is 0.221 e. The minimum atomic E-state index is -0.0479. The highest BCUT2D eigenvalue weighted by Gasteiger charge is 2.06. The summed E-state index contributed by atoms with van der Waals surface area (Å²) in [6.07, 6.45) is 0. The van der Waals surface area contributed by atoms with Crippen LogP contribution in [0, 0.1) is 0 Å². The fraction of sp³-hybridized carbons (Fsp3) is 0.235. The number of benzene rings is 2. The molecule has 0 radical (unpaired) electrons. The van der Waals surface area contributed by atoms with Crippen molar-refractivity contribution in [3.63, 3.8) is 0 Å². The quantitative estimate of drug-likeness (QED) is 0.897. The number of hydrogen-bond donors (Lipinski definition) is 1. The van der Waals surface area contributed by atoms with Crippen molar-refractivity contribution in [2.75, 3.05) is 16.8 Å². The number of carbonyl (C=O) groups excluding carboxylic acids is 1. The van der Waals surface area contributed by atoms with Crippen LogP contribution in [0.1, 0.15) is 19.4 Å². The summed E-state index contributed by atoms with van der Waals surface area (Å²) in [7, 11) is 0. The van der Waals surface area contributed by atoms with Crippen molar-refractivity contribution in [1.29, 1.82) is 0 Å². The first-order chi connectivity index (χ1) is 9.69. The van der Waals surface area contributed by atoms with E-state index in [2.05, 4.69) is 47.5 Å². The Kier molecular flexibility index (Phi) is 4.77. The molecule has 3 nitrogen and oxygen atoms in total. The maximum absolute atomic E-state index is 11.1. The SMILES string of the molecule is CCN(Cc1ccccc1)c1cccc(NC(C)=O)c1. The molecular formula is C17H20N2O. The Bertz CT molecular complexity index is 566. The molecule has 0 aliphatic rings. The van der Waals surface area contributed by atoms with Crippen LogP contribution in [0.4, 0.5) is 11.4 Å². The van der Waals surface area contributed by atoms with Gasteiger partial charge in [-0.3, -0.25) is 4.79 Å². The van der Waals surface area contributed by atoms with E-state index in [1.54, 1.807) is 0 Å². The van der Waals surface area contributed by atoms with E-state index in [0.717, 1.165) is 24.5 Å². The summed E-state index contributed by atoms with van der Waals surface area (Å²) in [5.41, 5.74) is 3.23. The molecule has 0 unspecified atom stereocenters. The molecule has 0 aromatic heterocycles. The minimum Gasteiger partial charge on any atom is -0.367 e. The van der Waals surface area contributed by atoms with Gasteiger partial charge in [-0.15, -0.1) is 0 Å². The lowest BCUT2D eigenvalue weighted by Gasteiger charge is -2.24.